The lowest BCUT2D eigenvalue weighted by Gasteiger charge is -2.29. The fourth-order valence-electron chi connectivity index (χ4n) is 4.38. The zero-order chi connectivity index (χ0) is 29.5. The monoisotopic (exact) mass is 561 g/mol. The summed E-state index contributed by atoms with van der Waals surface area (Å²) in [5.74, 6) is -5.14. The molecule has 0 aliphatic carbocycles. The van der Waals surface area contributed by atoms with Crippen molar-refractivity contribution >= 4 is 17.9 Å². The Hall–Kier alpha value is -3.14. The Morgan fingerprint density at radius 2 is 1.55 bits per heavy atom. The number of carbonyl (C=O) groups is 3. The molecule has 1 aromatic heterocycles. The number of likely N-dealkylation sites (tertiary alicyclic amines) is 2. The van der Waals surface area contributed by atoms with Crippen molar-refractivity contribution in [3.63, 3.8) is 0 Å². The molecule has 0 saturated carbocycles. The molecule has 1 aromatic rings. The van der Waals surface area contributed by atoms with Gasteiger partial charge in [-0.1, -0.05) is 11.2 Å². The van der Waals surface area contributed by atoms with Crippen molar-refractivity contribution in [3.8, 4) is 0 Å². The van der Waals surface area contributed by atoms with E-state index in [1.807, 2.05) is 19.9 Å². The van der Waals surface area contributed by atoms with Crippen LogP contribution in [0.3, 0.4) is 0 Å². The fraction of sp³-hybridized carbons (Fsp3) is 0.636. The van der Waals surface area contributed by atoms with Crippen molar-refractivity contribution in [2.45, 2.75) is 45.6 Å². The SMILES string of the molecule is C=CCN1C[C@@H]2CN(Cc3c(C)noc3C)CCC[C@]2(C(=O)O)C1.O=C(O)C(F)(F)F.O=C(O)C(F)(F)F. The normalized spacial score (nSPS) is 22.2. The van der Waals surface area contributed by atoms with Gasteiger partial charge < -0.3 is 19.8 Å². The van der Waals surface area contributed by atoms with Crippen LogP contribution in [-0.2, 0) is 20.9 Å². The molecule has 0 bridgehead atoms. The number of rotatable bonds is 5. The van der Waals surface area contributed by atoms with Gasteiger partial charge in [0.05, 0.1) is 11.1 Å². The smallest absolute Gasteiger partial charge is 0.481 e. The minimum absolute atomic E-state index is 0.151. The summed E-state index contributed by atoms with van der Waals surface area (Å²) in [6.07, 6.45) is -6.64. The van der Waals surface area contributed by atoms with E-state index < -0.39 is 35.7 Å². The minimum Gasteiger partial charge on any atom is -0.481 e. The van der Waals surface area contributed by atoms with Gasteiger partial charge in [0, 0.05) is 44.2 Å². The van der Waals surface area contributed by atoms with E-state index in [9.17, 15) is 36.2 Å². The van der Waals surface area contributed by atoms with E-state index >= 15 is 0 Å². The molecule has 10 nitrogen and oxygen atoms in total. The number of hydrogen-bond acceptors (Lipinski definition) is 7. The van der Waals surface area contributed by atoms with Crippen LogP contribution in [0.15, 0.2) is 17.2 Å². The largest absolute Gasteiger partial charge is 0.490 e. The number of hydrogen-bond donors (Lipinski definition) is 3. The summed E-state index contributed by atoms with van der Waals surface area (Å²) in [7, 11) is 0. The summed E-state index contributed by atoms with van der Waals surface area (Å²) in [5, 5.41) is 28.2. The van der Waals surface area contributed by atoms with Gasteiger partial charge in [-0.15, -0.1) is 6.58 Å². The number of fused-ring (bicyclic) bond motifs is 1. The van der Waals surface area contributed by atoms with E-state index in [2.05, 4.69) is 21.5 Å². The van der Waals surface area contributed by atoms with Crippen molar-refractivity contribution in [1.29, 1.82) is 0 Å². The lowest BCUT2D eigenvalue weighted by Crippen LogP contribution is -2.41. The summed E-state index contributed by atoms with van der Waals surface area (Å²) < 4.78 is 68.7. The van der Waals surface area contributed by atoms with Crippen LogP contribution in [0.2, 0.25) is 0 Å². The van der Waals surface area contributed by atoms with Gasteiger partial charge in [-0.25, -0.2) is 9.59 Å². The molecule has 3 heterocycles. The number of aryl methyl sites for hydroxylation is 2. The van der Waals surface area contributed by atoms with Gasteiger partial charge >= 0.3 is 30.3 Å². The molecule has 16 heteroatoms. The third-order valence-corrected chi connectivity index (χ3v) is 6.20. The molecule has 0 unspecified atom stereocenters. The van der Waals surface area contributed by atoms with Crippen molar-refractivity contribution in [1.82, 2.24) is 15.0 Å². The maximum Gasteiger partial charge on any atom is 0.490 e. The van der Waals surface area contributed by atoms with Crippen LogP contribution in [0.25, 0.3) is 0 Å². The van der Waals surface area contributed by atoms with Crippen molar-refractivity contribution in [3.05, 3.63) is 29.7 Å². The van der Waals surface area contributed by atoms with Crippen molar-refractivity contribution in [2.75, 3.05) is 32.7 Å². The third kappa shape index (κ3) is 9.01. The van der Waals surface area contributed by atoms with Gasteiger partial charge in [-0.05, 0) is 33.2 Å². The van der Waals surface area contributed by atoms with E-state index in [-0.39, 0.29) is 5.92 Å². The number of aromatic nitrogens is 1. The molecule has 0 aromatic carbocycles. The summed E-state index contributed by atoms with van der Waals surface area (Å²) in [6.45, 7) is 12.5. The highest BCUT2D eigenvalue weighted by Crippen LogP contribution is 2.43. The number of aliphatic carboxylic acids is 3. The Kier molecular flexibility index (Phi) is 11.3. The highest BCUT2D eigenvalue weighted by atomic mass is 19.4. The molecule has 2 fully saturated rings. The second-order valence-corrected chi connectivity index (χ2v) is 8.89. The lowest BCUT2D eigenvalue weighted by atomic mass is 9.75. The molecule has 216 valence electrons. The fourth-order valence-corrected chi connectivity index (χ4v) is 4.38. The van der Waals surface area contributed by atoms with Crippen LogP contribution >= 0.6 is 0 Å². The summed E-state index contributed by atoms with van der Waals surface area (Å²) in [6, 6.07) is 0. The molecule has 38 heavy (non-hydrogen) atoms. The van der Waals surface area contributed by atoms with Crippen molar-refractivity contribution < 1.29 is 60.6 Å². The quantitative estimate of drug-likeness (QED) is 0.362. The maximum atomic E-state index is 12.1. The molecule has 0 radical (unpaired) electrons. The number of carboxylic acids is 3. The first kappa shape index (κ1) is 32.9. The van der Waals surface area contributed by atoms with Gasteiger partial charge in [0.25, 0.3) is 0 Å². The minimum atomic E-state index is -5.08. The predicted octanol–water partition coefficient (Wildman–Crippen LogP) is 3.34. The molecular weight excluding hydrogens is 532 g/mol. The first-order valence-corrected chi connectivity index (χ1v) is 11.2. The zero-order valence-corrected chi connectivity index (χ0v) is 20.6. The van der Waals surface area contributed by atoms with E-state index in [4.69, 9.17) is 24.3 Å². The van der Waals surface area contributed by atoms with E-state index in [1.165, 1.54) is 0 Å². The molecular formula is C22H29F6N3O7. The third-order valence-electron chi connectivity index (χ3n) is 6.20. The Balaban J connectivity index is 0.000000426. The second kappa shape index (κ2) is 13.1. The van der Waals surface area contributed by atoms with Crippen LogP contribution in [0, 0.1) is 25.2 Å². The van der Waals surface area contributed by atoms with Gasteiger partial charge in [0.1, 0.15) is 5.76 Å². The maximum absolute atomic E-state index is 12.1. The first-order chi connectivity index (χ1) is 17.3. The van der Waals surface area contributed by atoms with Gasteiger partial charge in [0.2, 0.25) is 0 Å². The zero-order valence-electron chi connectivity index (χ0n) is 20.6. The Morgan fingerprint density at radius 3 is 1.95 bits per heavy atom. The number of alkyl halides is 6. The van der Waals surface area contributed by atoms with Gasteiger partial charge in [-0.3, -0.25) is 14.6 Å². The summed E-state index contributed by atoms with van der Waals surface area (Å²) in [4.78, 5) is 34.5. The first-order valence-electron chi connectivity index (χ1n) is 11.2. The summed E-state index contributed by atoms with van der Waals surface area (Å²) >= 11 is 0. The van der Waals surface area contributed by atoms with E-state index in [1.54, 1.807) is 0 Å². The van der Waals surface area contributed by atoms with Crippen LogP contribution in [0.5, 0.6) is 0 Å². The number of halogens is 6. The number of nitrogens with zero attached hydrogens (tertiary/aromatic N) is 3. The molecule has 3 rings (SSSR count). The van der Waals surface area contributed by atoms with Crippen LogP contribution in [0.4, 0.5) is 26.3 Å². The Labute approximate surface area is 213 Å². The van der Waals surface area contributed by atoms with Crippen LogP contribution < -0.4 is 0 Å². The Bertz CT molecular complexity index is 952. The molecule has 2 aliphatic rings. The van der Waals surface area contributed by atoms with Crippen LogP contribution in [-0.4, -0.2) is 93.3 Å². The average Bonchev–Trinajstić information content (AvgIpc) is 3.22. The van der Waals surface area contributed by atoms with E-state index in [0.717, 1.165) is 62.6 Å². The summed E-state index contributed by atoms with van der Waals surface area (Å²) in [5.41, 5.74) is 1.45. The predicted molar refractivity (Wildman–Crippen MR) is 118 cm³/mol. The molecule has 2 atom stereocenters. The Morgan fingerprint density at radius 1 is 1.05 bits per heavy atom. The van der Waals surface area contributed by atoms with Crippen molar-refractivity contribution in [2.24, 2.45) is 11.3 Å². The second-order valence-electron chi connectivity index (χ2n) is 8.89. The molecule has 2 saturated heterocycles. The average molecular weight is 561 g/mol. The molecule has 3 N–H and O–H groups in total. The topological polar surface area (TPSA) is 144 Å². The number of carboxylic acid groups (broad SMARTS) is 3. The molecule has 0 spiro atoms. The highest BCUT2D eigenvalue weighted by Gasteiger charge is 2.53. The highest BCUT2D eigenvalue weighted by molar-refractivity contribution is 5.76. The standard InChI is InChI=1S/C18H27N3O3.2C2HF3O2/c1-4-7-21-10-15-9-20(11-16-13(2)19-24-14(16)3)8-5-6-18(15,12-21)17(22)23;2*3-2(4,5)1(6)7/h4,15H,1,5-12H2,2-3H3,(H,22,23);2*(H,6,7)/t15-,18-;;/m0../s1. The molecule has 2 aliphatic heterocycles. The lowest BCUT2D eigenvalue weighted by molar-refractivity contribution is -0.193. The van der Waals surface area contributed by atoms with Gasteiger partial charge in [0.15, 0.2) is 0 Å². The molecule has 0 amide bonds. The van der Waals surface area contributed by atoms with Gasteiger partial charge in [-0.2, -0.15) is 26.3 Å². The van der Waals surface area contributed by atoms with E-state index in [0.29, 0.717) is 6.54 Å². The van der Waals surface area contributed by atoms with Crippen LogP contribution in [0.1, 0.15) is 29.9 Å².